The van der Waals surface area contributed by atoms with Crippen molar-refractivity contribution in [2.45, 2.75) is 17.2 Å². The monoisotopic (exact) mass is 613 g/mol. The number of imide groups is 1. The van der Waals surface area contributed by atoms with Gasteiger partial charge in [0.1, 0.15) is 17.9 Å². The molecule has 0 saturated carbocycles. The van der Waals surface area contributed by atoms with Crippen LogP contribution in [-0.4, -0.2) is 45.7 Å². The molecule has 1 fully saturated rings. The number of rotatable bonds is 12. The van der Waals surface area contributed by atoms with E-state index in [1.165, 1.54) is 4.90 Å². The summed E-state index contributed by atoms with van der Waals surface area (Å²) >= 11 is 1.08. The highest BCUT2D eigenvalue weighted by atomic mass is 32.2. The summed E-state index contributed by atoms with van der Waals surface area (Å²) in [5.41, 5.74) is 3.06. The van der Waals surface area contributed by atoms with Crippen molar-refractivity contribution >= 4 is 29.1 Å². The molecule has 7 nitrogen and oxygen atoms in total. The number of benzene rings is 4. The molecule has 8 heteroatoms. The number of carbonyl (C=O) groups is 2. The Bertz CT molecular complexity index is 1640. The number of ether oxygens (including phenoxy) is 1. The molecule has 6 rings (SSSR count). The second-order valence-electron chi connectivity index (χ2n) is 10.4. The van der Waals surface area contributed by atoms with Crippen LogP contribution in [0.4, 0.5) is 4.79 Å². The summed E-state index contributed by atoms with van der Waals surface area (Å²) in [5.74, 6) is 0.459. The molecule has 2 amide bonds. The van der Waals surface area contributed by atoms with Crippen LogP contribution >= 0.6 is 11.8 Å². The van der Waals surface area contributed by atoms with Crippen LogP contribution in [-0.2, 0) is 21.6 Å². The summed E-state index contributed by atoms with van der Waals surface area (Å²) in [6.45, 7) is 0.599. The van der Waals surface area contributed by atoms with Crippen LogP contribution in [0.25, 0.3) is 0 Å². The Morgan fingerprint density at radius 3 is 1.87 bits per heavy atom. The van der Waals surface area contributed by atoms with Crippen molar-refractivity contribution in [3.8, 4) is 5.75 Å². The maximum absolute atomic E-state index is 14.3. The first kappa shape index (κ1) is 29.8. The molecule has 0 bridgehead atoms. The SMILES string of the molecule is O=C1SC(Cc2ccc(OCCO/N=C/c3ccccn3)cc2)C(=O)N1C(c1ccccc1)(c1ccccc1)c1ccccc1. The van der Waals surface area contributed by atoms with Gasteiger partial charge in [-0.05, 0) is 52.9 Å². The molecule has 2 heterocycles. The third-order valence-electron chi connectivity index (χ3n) is 7.57. The minimum absolute atomic E-state index is 0.217. The first-order chi connectivity index (χ1) is 22.2. The van der Waals surface area contributed by atoms with Crippen LogP contribution in [0.1, 0.15) is 27.9 Å². The van der Waals surface area contributed by atoms with Gasteiger partial charge < -0.3 is 9.57 Å². The number of amides is 2. The molecule has 1 atom stereocenters. The zero-order valence-corrected chi connectivity index (χ0v) is 25.3. The molecule has 1 saturated heterocycles. The van der Waals surface area contributed by atoms with Crippen LogP contribution < -0.4 is 4.74 Å². The Kier molecular flexibility index (Phi) is 9.32. The number of nitrogens with zero attached hydrogens (tertiary/aromatic N) is 3. The molecule has 45 heavy (non-hydrogen) atoms. The lowest BCUT2D eigenvalue weighted by Gasteiger charge is -2.42. The highest BCUT2D eigenvalue weighted by Crippen LogP contribution is 2.47. The van der Waals surface area contributed by atoms with Crippen molar-refractivity contribution in [2.24, 2.45) is 5.16 Å². The minimum Gasteiger partial charge on any atom is -0.490 e. The first-order valence-corrected chi connectivity index (χ1v) is 15.5. The molecule has 224 valence electrons. The summed E-state index contributed by atoms with van der Waals surface area (Å²) in [6, 6.07) is 42.5. The summed E-state index contributed by atoms with van der Waals surface area (Å²) in [6.07, 6.45) is 3.65. The maximum atomic E-state index is 14.3. The van der Waals surface area contributed by atoms with Gasteiger partial charge in [0.2, 0.25) is 5.91 Å². The standard InChI is InChI=1S/C37H31N3O4S/c41-35-34(26-28-19-21-33(22-20-28)43-24-25-44-39-27-32-18-10-11-23-38-32)45-36(42)40(35)37(29-12-4-1-5-13-29,30-14-6-2-7-15-30)31-16-8-3-9-17-31/h1-23,27,34H,24-26H2/b39-27+. The van der Waals surface area contributed by atoms with E-state index >= 15 is 0 Å². The van der Waals surface area contributed by atoms with E-state index in [0.717, 1.165) is 34.0 Å². The minimum atomic E-state index is -1.12. The van der Waals surface area contributed by atoms with E-state index in [9.17, 15) is 9.59 Å². The van der Waals surface area contributed by atoms with Crippen LogP contribution in [0.3, 0.4) is 0 Å². The van der Waals surface area contributed by atoms with E-state index in [1.54, 1.807) is 12.4 Å². The second kappa shape index (κ2) is 14.1. The number of oxime groups is 1. The van der Waals surface area contributed by atoms with Crippen molar-refractivity contribution < 1.29 is 19.2 Å². The third kappa shape index (κ3) is 6.51. The topological polar surface area (TPSA) is 81.1 Å². The number of pyridine rings is 1. The largest absolute Gasteiger partial charge is 0.490 e. The maximum Gasteiger partial charge on any atom is 0.290 e. The van der Waals surface area contributed by atoms with Crippen LogP contribution in [0, 0.1) is 0 Å². The number of hydrogen-bond donors (Lipinski definition) is 0. The van der Waals surface area contributed by atoms with E-state index in [-0.39, 0.29) is 17.8 Å². The van der Waals surface area contributed by atoms with Crippen molar-refractivity contribution in [3.63, 3.8) is 0 Å². The van der Waals surface area contributed by atoms with E-state index < -0.39 is 10.8 Å². The predicted molar refractivity (Wildman–Crippen MR) is 176 cm³/mol. The number of thioether (sulfide) groups is 1. The molecule has 0 aliphatic carbocycles. The molecule has 4 aromatic carbocycles. The van der Waals surface area contributed by atoms with E-state index in [0.29, 0.717) is 24.5 Å². The Labute approximate surface area is 266 Å². The van der Waals surface area contributed by atoms with Crippen molar-refractivity contribution in [1.82, 2.24) is 9.88 Å². The Hall–Kier alpha value is -5.21. The zero-order valence-electron chi connectivity index (χ0n) is 24.4. The molecule has 0 spiro atoms. The predicted octanol–water partition coefficient (Wildman–Crippen LogP) is 7.11. The lowest BCUT2D eigenvalue weighted by molar-refractivity contribution is -0.129. The molecular weight excluding hydrogens is 582 g/mol. The van der Waals surface area contributed by atoms with Gasteiger partial charge in [0.15, 0.2) is 6.61 Å². The zero-order chi connectivity index (χ0) is 30.9. The molecular formula is C37H31N3O4S. The van der Waals surface area contributed by atoms with Gasteiger partial charge in [-0.25, -0.2) is 0 Å². The van der Waals surface area contributed by atoms with Gasteiger partial charge in [-0.1, -0.05) is 126 Å². The Morgan fingerprint density at radius 1 is 0.733 bits per heavy atom. The number of carbonyl (C=O) groups excluding carboxylic acids is 2. The third-order valence-corrected chi connectivity index (χ3v) is 8.60. The normalized spacial score (nSPS) is 15.0. The lowest BCUT2D eigenvalue weighted by Crippen LogP contribution is -2.51. The molecule has 1 aliphatic heterocycles. The molecule has 0 radical (unpaired) electrons. The Morgan fingerprint density at radius 2 is 1.31 bits per heavy atom. The van der Waals surface area contributed by atoms with Gasteiger partial charge in [0, 0.05) is 6.20 Å². The summed E-state index contributed by atoms with van der Waals surface area (Å²) in [5, 5.41) is 3.07. The first-order valence-electron chi connectivity index (χ1n) is 14.7. The summed E-state index contributed by atoms with van der Waals surface area (Å²) in [4.78, 5) is 39.1. The van der Waals surface area contributed by atoms with Gasteiger partial charge in [-0.2, -0.15) is 0 Å². The van der Waals surface area contributed by atoms with Crippen LogP contribution in [0.2, 0.25) is 0 Å². The van der Waals surface area contributed by atoms with E-state index in [4.69, 9.17) is 9.57 Å². The molecule has 5 aromatic rings. The van der Waals surface area contributed by atoms with Gasteiger partial charge in [0.25, 0.3) is 5.24 Å². The van der Waals surface area contributed by atoms with Crippen molar-refractivity contribution in [3.05, 3.63) is 168 Å². The summed E-state index contributed by atoms with van der Waals surface area (Å²) in [7, 11) is 0. The highest BCUT2D eigenvalue weighted by Gasteiger charge is 2.53. The fourth-order valence-corrected chi connectivity index (χ4v) is 6.60. The van der Waals surface area contributed by atoms with Gasteiger partial charge >= 0.3 is 0 Å². The van der Waals surface area contributed by atoms with E-state index in [2.05, 4.69) is 10.1 Å². The second-order valence-corrected chi connectivity index (χ2v) is 11.5. The fraction of sp³-hybridized carbons (Fsp3) is 0.135. The van der Waals surface area contributed by atoms with Gasteiger partial charge in [-0.3, -0.25) is 19.5 Å². The average molecular weight is 614 g/mol. The average Bonchev–Trinajstić information content (AvgIpc) is 3.38. The summed E-state index contributed by atoms with van der Waals surface area (Å²) < 4.78 is 5.78. The van der Waals surface area contributed by atoms with Crippen molar-refractivity contribution in [2.75, 3.05) is 13.2 Å². The smallest absolute Gasteiger partial charge is 0.290 e. The van der Waals surface area contributed by atoms with Gasteiger partial charge in [-0.15, -0.1) is 0 Å². The fourth-order valence-electron chi connectivity index (χ4n) is 5.54. The van der Waals surface area contributed by atoms with Crippen LogP contribution in [0.5, 0.6) is 5.75 Å². The lowest BCUT2D eigenvalue weighted by atomic mass is 9.75. The molecule has 0 N–H and O–H groups in total. The van der Waals surface area contributed by atoms with Gasteiger partial charge in [0.05, 0.1) is 17.2 Å². The highest BCUT2D eigenvalue weighted by molar-refractivity contribution is 8.15. The quantitative estimate of drug-likeness (QED) is 0.0646. The van der Waals surface area contributed by atoms with Crippen molar-refractivity contribution in [1.29, 1.82) is 0 Å². The van der Waals surface area contributed by atoms with Crippen LogP contribution in [0.15, 0.2) is 145 Å². The molecule has 1 aliphatic rings. The Balaban J connectivity index is 1.18. The number of hydrogen-bond acceptors (Lipinski definition) is 7. The molecule has 1 aromatic heterocycles. The number of aromatic nitrogens is 1. The van der Waals surface area contributed by atoms with E-state index in [1.807, 2.05) is 133 Å². The molecule has 1 unspecified atom stereocenters.